The minimum Gasteiger partial charge on any atom is -0.439 e. The zero-order chi connectivity index (χ0) is 9.42. The maximum Gasteiger partial charge on any atom is 0.212 e. The van der Waals surface area contributed by atoms with E-state index in [9.17, 15) is 4.39 Å². The van der Waals surface area contributed by atoms with Gasteiger partial charge in [-0.1, -0.05) is 0 Å². The first kappa shape index (κ1) is 8.19. The van der Waals surface area contributed by atoms with Crippen molar-refractivity contribution in [3.8, 4) is 0 Å². The molecule has 0 saturated heterocycles. The standard InChI is InChI=1S/C9H9FN2O/c1-5(11)9-12-7-3-2-6(10)4-8(7)13-9/h2-5H,11H2,1H3/t5-/m0/s1. The number of hydrogen-bond donors (Lipinski definition) is 1. The number of aromatic nitrogens is 1. The summed E-state index contributed by atoms with van der Waals surface area (Å²) in [4.78, 5) is 4.10. The summed E-state index contributed by atoms with van der Waals surface area (Å²) in [5.74, 6) is 0.0977. The normalized spacial score (nSPS) is 13.5. The Balaban J connectivity index is 2.62. The van der Waals surface area contributed by atoms with Crippen LogP contribution in [-0.2, 0) is 0 Å². The number of fused-ring (bicyclic) bond motifs is 1. The fourth-order valence-corrected chi connectivity index (χ4v) is 1.11. The summed E-state index contributed by atoms with van der Waals surface area (Å²) in [5, 5.41) is 0. The summed E-state index contributed by atoms with van der Waals surface area (Å²) in [6.45, 7) is 1.76. The van der Waals surface area contributed by atoms with Gasteiger partial charge >= 0.3 is 0 Å². The number of benzene rings is 1. The second-order valence-electron chi connectivity index (χ2n) is 2.95. The number of halogens is 1. The molecule has 0 radical (unpaired) electrons. The average Bonchev–Trinajstić information content (AvgIpc) is 2.46. The van der Waals surface area contributed by atoms with Crippen LogP contribution in [0.5, 0.6) is 0 Å². The molecular formula is C9H9FN2O. The first-order valence-electron chi connectivity index (χ1n) is 3.98. The minimum absolute atomic E-state index is 0.268. The predicted octanol–water partition coefficient (Wildman–Crippen LogP) is 1.99. The molecule has 1 heterocycles. The van der Waals surface area contributed by atoms with Crippen molar-refractivity contribution in [2.75, 3.05) is 0 Å². The second kappa shape index (κ2) is 2.81. The Bertz CT molecular complexity index is 436. The first-order valence-corrected chi connectivity index (χ1v) is 3.98. The SMILES string of the molecule is C[C@H](N)c1nc2ccc(F)cc2o1. The molecule has 0 saturated carbocycles. The molecule has 0 fully saturated rings. The topological polar surface area (TPSA) is 52.0 Å². The van der Waals surface area contributed by atoms with Crippen molar-refractivity contribution in [2.24, 2.45) is 5.73 Å². The molecule has 1 aromatic carbocycles. The predicted molar refractivity (Wildman–Crippen MR) is 46.6 cm³/mol. The highest BCUT2D eigenvalue weighted by Crippen LogP contribution is 2.19. The van der Waals surface area contributed by atoms with E-state index in [1.807, 2.05) is 0 Å². The van der Waals surface area contributed by atoms with E-state index in [1.165, 1.54) is 12.1 Å². The quantitative estimate of drug-likeness (QED) is 0.730. The fraction of sp³-hybridized carbons (Fsp3) is 0.222. The van der Waals surface area contributed by atoms with E-state index in [2.05, 4.69) is 4.98 Å². The molecule has 2 N–H and O–H groups in total. The molecule has 0 aliphatic carbocycles. The van der Waals surface area contributed by atoms with Crippen LogP contribution in [0.3, 0.4) is 0 Å². The second-order valence-corrected chi connectivity index (χ2v) is 2.95. The molecule has 0 amide bonds. The van der Waals surface area contributed by atoms with Crippen LogP contribution >= 0.6 is 0 Å². The van der Waals surface area contributed by atoms with Gasteiger partial charge < -0.3 is 10.2 Å². The summed E-state index contributed by atoms with van der Waals surface area (Å²) in [6.07, 6.45) is 0. The van der Waals surface area contributed by atoms with E-state index in [0.717, 1.165) is 0 Å². The lowest BCUT2D eigenvalue weighted by atomic mass is 10.3. The molecule has 0 unspecified atom stereocenters. The molecule has 0 aliphatic heterocycles. The van der Waals surface area contributed by atoms with Gasteiger partial charge in [-0.2, -0.15) is 0 Å². The smallest absolute Gasteiger partial charge is 0.212 e. The van der Waals surface area contributed by atoms with Crippen molar-refractivity contribution in [1.29, 1.82) is 0 Å². The lowest BCUT2D eigenvalue weighted by Gasteiger charge is -1.94. The highest BCUT2D eigenvalue weighted by atomic mass is 19.1. The van der Waals surface area contributed by atoms with Crippen molar-refractivity contribution in [1.82, 2.24) is 4.98 Å². The zero-order valence-corrected chi connectivity index (χ0v) is 7.12. The Morgan fingerprint density at radius 2 is 2.31 bits per heavy atom. The van der Waals surface area contributed by atoms with E-state index < -0.39 is 0 Å². The van der Waals surface area contributed by atoms with Crippen LogP contribution in [0.25, 0.3) is 11.1 Å². The monoisotopic (exact) mass is 180 g/mol. The number of rotatable bonds is 1. The van der Waals surface area contributed by atoms with Crippen molar-refractivity contribution < 1.29 is 8.81 Å². The van der Waals surface area contributed by atoms with Crippen LogP contribution in [0.4, 0.5) is 4.39 Å². The van der Waals surface area contributed by atoms with E-state index in [1.54, 1.807) is 13.0 Å². The Hall–Kier alpha value is -1.42. The maximum absolute atomic E-state index is 12.7. The molecule has 1 aromatic heterocycles. The largest absolute Gasteiger partial charge is 0.439 e. The summed E-state index contributed by atoms with van der Waals surface area (Å²) in [7, 11) is 0. The van der Waals surface area contributed by atoms with Crippen LogP contribution in [0.2, 0.25) is 0 Å². The van der Waals surface area contributed by atoms with Gasteiger partial charge in [0, 0.05) is 6.07 Å². The van der Waals surface area contributed by atoms with Gasteiger partial charge in [-0.25, -0.2) is 9.37 Å². The average molecular weight is 180 g/mol. The minimum atomic E-state index is -0.333. The number of nitrogens with two attached hydrogens (primary N) is 1. The Morgan fingerprint density at radius 1 is 1.54 bits per heavy atom. The van der Waals surface area contributed by atoms with E-state index >= 15 is 0 Å². The molecule has 13 heavy (non-hydrogen) atoms. The van der Waals surface area contributed by atoms with E-state index in [-0.39, 0.29) is 11.9 Å². The van der Waals surface area contributed by atoms with Crippen LogP contribution in [-0.4, -0.2) is 4.98 Å². The van der Waals surface area contributed by atoms with Gasteiger partial charge in [0.05, 0.1) is 6.04 Å². The lowest BCUT2D eigenvalue weighted by molar-refractivity contribution is 0.491. The summed E-state index contributed by atoms with van der Waals surface area (Å²) in [5.41, 5.74) is 6.64. The molecule has 0 spiro atoms. The molecule has 68 valence electrons. The molecule has 3 nitrogen and oxygen atoms in total. The third-order valence-electron chi connectivity index (χ3n) is 1.76. The van der Waals surface area contributed by atoms with Crippen LogP contribution in [0.15, 0.2) is 22.6 Å². The molecule has 0 bridgehead atoms. The van der Waals surface area contributed by atoms with Gasteiger partial charge in [-0.05, 0) is 19.1 Å². The van der Waals surface area contributed by atoms with Gasteiger partial charge in [-0.3, -0.25) is 0 Å². The lowest BCUT2D eigenvalue weighted by Crippen LogP contribution is -2.04. The molecule has 1 atom stereocenters. The highest BCUT2D eigenvalue weighted by molar-refractivity contribution is 5.72. The molecule has 0 aliphatic rings. The Labute approximate surface area is 74.4 Å². The van der Waals surface area contributed by atoms with Crippen LogP contribution in [0, 0.1) is 5.82 Å². The Kier molecular flexibility index (Phi) is 1.77. The van der Waals surface area contributed by atoms with E-state index in [4.69, 9.17) is 10.2 Å². The van der Waals surface area contributed by atoms with Crippen molar-refractivity contribution in [3.63, 3.8) is 0 Å². The maximum atomic E-state index is 12.7. The summed E-state index contributed by atoms with van der Waals surface area (Å²) < 4.78 is 18.0. The van der Waals surface area contributed by atoms with Crippen molar-refractivity contribution in [3.05, 3.63) is 29.9 Å². The van der Waals surface area contributed by atoms with Crippen LogP contribution < -0.4 is 5.73 Å². The summed E-state index contributed by atoms with van der Waals surface area (Å²) in [6, 6.07) is 3.94. The van der Waals surface area contributed by atoms with E-state index in [0.29, 0.717) is 17.0 Å². The molecular weight excluding hydrogens is 171 g/mol. The Morgan fingerprint density at radius 3 is 3.00 bits per heavy atom. The number of nitrogens with zero attached hydrogens (tertiary/aromatic N) is 1. The van der Waals surface area contributed by atoms with Gasteiger partial charge in [0.2, 0.25) is 5.89 Å². The van der Waals surface area contributed by atoms with Gasteiger partial charge in [0.15, 0.2) is 5.58 Å². The van der Waals surface area contributed by atoms with Crippen molar-refractivity contribution in [2.45, 2.75) is 13.0 Å². The highest BCUT2D eigenvalue weighted by Gasteiger charge is 2.09. The zero-order valence-electron chi connectivity index (χ0n) is 7.12. The summed E-state index contributed by atoms with van der Waals surface area (Å²) >= 11 is 0. The van der Waals surface area contributed by atoms with Crippen LogP contribution in [0.1, 0.15) is 18.9 Å². The molecule has 2 aromatic rings. The molecule has 2 rings (SSSR count). The van der Waals surface area contributed by atoms with Crippen molar-refractivity contribution >= 4 is 11.1 Å². The third kappa shape index (κ3) is 1.40. The van der Waals surface area contributed by atoms with Gasteiger partial charge in [-0.15, -0.1) is 0 Å². The van der Waals surface area contributed by atoms with Gasteiger partial charge in [0.1, 0.15) is 11.3 Å². The number of hydrogen-bond acceptors (Lipinski definition) is 3. The van der Waals surface area contributed by atoms with Gasteiger partial charge in [0.25, 0.3) is 0 Å². The molecule has 4 heteroatoms. The fourth-order valence-electron chi connectivity index (χ4n) is 1.11. The first-order chi connectivity index (χ1) is 6.16. The number of oxazole rings is 1. The third-order valence-corrected chi connectivity index (χ3v) is 1.76.